The molecule has 0 unspecified atom stereocenters. The number of nitrogens with zero attached hydrogens (tertiary/aromatic N) is 4. The van der Waals surface area contributed by atoms with Crippen molar-refractivity contribution in [3.8, 4) is 11.6 Å². The third-order valence-corrected chi connectivity index (χ3v) is 6.00. The number of carbonyl (C=O) groups excluding carboxylic acids is 1. The maximum Gasteiger partial charge on any atom is 0.268 e. The van der Waals surface area contributed by atoms with E-state index in [2.05, 4.69) is 63.0 Å². The zero-order valence-electron chi connectivity index (χ0n) is 20.3. The first-order chi connectivity index (χ1) is 17.5. The molecule has 184 valence electrons. The van der Waals surface area contributed by atoms with Crippen LogP contribution in [0, 0.1) is 0 Å². The van der Waals surface area contributed by atoms with Crippen LogP contribution >= 0.6 is 0 Å². The fourth-order valence-electron chi connectivity index (χ4n) is 4.03. The monoisotopic (exact) mass is 484 g/mol. The van der Waals surface area contributed by atoms with Gasteiger partial charge in [-0.15, -0.1) is 0 Å². The molecule has 0 radical (unpaired) electrons. The molecule has 1 aliphatic heterocycles. The third kappa shape index (κ3) is 5.16. The summed E-state index contributed by atoms with van der Waals surface area (Å²) in [7, 11) is 0. The Kier molecular flexibility index (Phi) is 6.55. The topological polar surface area (TPSA) is 95.8 Å². The van der Waals surface area contributed by atoms with Crippen LogP contribution in [0.5, 0.6) is 11.6 Å². The molecule has 5 rings (SSSR count). The van der Waals surface area contributed by atoms with E-state index in [4.69, 9.17) is 9.15 Å². The highest BCUT2D eigenvalue weighted by Crippen LogP contribution is 2.31. The van der Waals surface area contributed by atoms with Gasteiger partial charge in [0.15, 0.2) is 0 Å². The Morgan fingerprint density at radius 1 is 1.11 bits per heavy atom. The molecule has 0 aliphatic carbocycles. The van der Waals surface area contributed by atoms with E-state index < -0.39 is 0 Å². The van der Waals surface area contributed by atoms with E-state index in [0.29, 0.717) is 34.5 Å². The molecule has 3 heterocycles. The van der Waals surface area contributed by atoms with Crippen LogP contribution in [-0.4, -0.2) is 46.6 Å². The molecule has 9 heteroatoms. The van der Waals surface area contributed by atoms with Crippen molar-refractivity contribution in [2.75, 3.05) is 35.3 Å². The molecule has 0 saturated carbocycles. The lowest BCUT2D eigenvalue weighted by molar-refractivity contribution is -0.111. The molecule has 2 aromatic carbocycles. The summed E-state index contributed by atoms with van der Waals surface area (Å²) in [4.78, 5) is 25.5. The average Bonchev–Trinajstić information content (AvgIpc) is 3.55. The Morgan fingerprint density at radius 3 is 2.69 bits per heavy atom. The van der Waals surface area contributed by atoms with Gasteiger partial charge in [0.25, 0.3) is 5.88 Å². The van der Waals surface area contributed by atoms with E-state index >= 15 is 0 Å². The first-order valence-electron chi connectivity index (χ1n) is 11.8. The Hall–Kier alpha value is -4.37. The minimum Gasteiger partial charge on any atom is -0.457 e. The van der Waals surface area contributed by atoms with Gasteiger partial charge in [-0.05, 0) is 56.3 Å². The smallest absolute Gasteiger partial charge is 0.268 e. The van der Waals surface area contributed by atoms with Crippen molar-refractivity contribution in [3.05, 3.63) is 73.5 Å². The van der Waals surface area contributed by atoms with E-state index in [1.54, 1.807) is 36.6 Å². The molecule has 1 amide bonds. The summed E-state index contributed by atoms with van der Waals surface area (Å²) in [5, 5.41) is 5.98. The molecule has 2 N–H and O–H groups in total. The molecule has 2 aromatic heterocycles. The van der Waals surface area contributed by atoms with E-state index in [9.17, 15) is 4.79 Å². The number of nitrogens with one attached hydrogen (secondary N) is 2. The van der Waals surface area contributed by atoms with Crippen LogP contribution in [-0.2, 0) is 4.79 Å². The fourth-order valence-corrected chi connectivity index (χ4v) is 4.03. The number of ether oxygens (including phenoxy) is 1. The summed E-state index contributed by atoms with van der Waals surface area (Å²) in [6, 6.07) is 17.5. The van der Waals surface area contributed by atoms with Gasteiger partial charge < -0.3 is 24.7 Å². The molecule has 1 saturated heterocycles. The maximum absolute atomic E-state index is 11.6. The Morgan fingerprint density at radius 2 is 1.94 bits per heavy atom. The SMILES string of the molecule is C=CC(=O)Nc1cccc(Oc2nc(Nc3ccc(N4CCN(C(C)C)C4)cc3)nc3ccoc23)c1. The van der Waals surface area contributed by atoms with E-state index in [1.165, 1.54) is 11.8 Å². The summed E-state index contributed by atoms with van der Waals surface area (Å²) < 4.78 is 11.6. The zero-order chi connectivity index (χ0) is 25.1. The number of hydrogen-bond acceptors (Lipinski definition) is 8. The number of carbonyl (C=O) groups is 1. The molecule has 1 fully saturated rings. The lowest BCUT2D eigenvalue weighted by Gasteiger charge is -2.22. The van der Waals surface area contributed by atoms with Crippen LogP contribution in [0.25, 0.3) is 11.1 Å². The number of amides is 1. The van der Waals surface area contributed by atoms with Gasteiger partial charge in [0.1, 0.15) is 11.3 Å². The minimum absolute atomic E-state index is 0.266. The zero-order valence-corrected chi connectivity index (χ0v) is 20.3. The second-order valence-corrected chi connectivity index (χ2v) is 8.79. The standard InChI is InChI=1S/C27H28N6O3/c1-4-24(34)28-20-6-5-7-22(16-20)36-26-25-23(12-15-35-25)30-27(31-26)29-19-8-10-21(11-9-19)33-14-13-32(17-33)18(2)3/h4-12,15-16,18H,1,13-14,17H2,2-3H3,(H,28,34)(H,29,30,31). The van der Waals surface area contributed by atoms with E-state index in [-0.39, 0.29) is 11.8 Å². The van der Waals surface area contributed by atoms with Gasteiger partial charge in [0, 0.05) is 48.3 Å². The van der Waals surface area contributed by atoms with Crippen LogP contribution in [0.4, 0.5) is 23.0 Å². The first-order valence-corrected chi connectivity index (χ1v) is 11.8. The van der Waals surface area contributed by atoms with E-state index in [0.717, 1.165) is 25.4 Å². The molecule has 1 aliphatic rings. The predicted molar refractivity (Wildman–Crippen MR) is 141 cm³/mol. The van der Waals surface area contributed by atoms with Crippen molar-refractivity contribution >= 4 is 40.0 Å². The van der Waals surface area contributed by atoms with Crippen LogP contribution in [0.15, 0.2) is 77.9 Å². The molecule has 36 heavy (non-hydrogen) atoms. The number of anilines is 4. The normalized spacial score (nSPS) is 13.8. The second kappa shape index (κ2) is 10.1. The Balaban J connectivity index is 1.33. The van der Waals surface area contributed by atoms with Gasteiger partial charge in [0.05, 0.1) is 12.9 Å². The molecular weight excluding hydrogens is 456 g/mol. The van der Waals surface area contributed by atoms with Crippen molar-refractivity contribution in [2.24, 2.45) is 0 Å². The molecule has 9 nitrogen and oxygen atoms in total. The average molecular weight is 485 g/mol. The van der Waals surface area contributed by atoms with Crippen molar-refractivity contribution in [3.63, 3.8) is 0 Å². The Bertz CT molecular complexity index is 1380. The van der Waals surface area contributed by atoms with Crippen LogP contribution < -0.4 is 20.3 Å². The summed E-state index contributed by atoms with van der Waals surface area (Å²) in [5.74, 6) is 0.837. The lowest BCUT2D eigenvalue weighted by Crippen LogP contribution is -2.30. The number of rotatable bonds is 8. The van der Waals surface area contributed by atoms with Gasteiger partial charge in [-0.1, -0.05) is 12.6 Å². The summed E-state index contributed by atoms with van der Waals surface area (Å²) in [5.41, 5.74) is 3.67. The summed E-state index contributed by atoms with van der Waals surface area (Å²) in [6.07, 6.45) is 2.75. The molecule has 0 spiro atoms. The van der Waals surface area contributed by atoms with Crippen LogP contribution in [0.2, 0.25) is 0 Å². The molecule has 0 bridgehead atoms. The number of furan rings is 1. The summed E-state index contributed by atoms with van der Waals surface area (Å²) in [6.45, 7) is 10.9. The highest BCUT2D eigenvalue weighted by molar-refractivity contribution is 5.99. The largest absolute Gasteiger partial charge is 0.457 e. The molecule has 0 atom stereocenters. The third-order valence-electron chi connectivity index (χ3n) is 6.00. The van der Waals surface area contributed by atoms with Crippen molar-refractivity contribution in [2.45, 2.75) is 19.9 Å². The number of hydrogen-bond donors (Lipinski definition) is 2. The molecular formula is C27H28N6O3. The van der Waals surface area contributed by atoms with Crippen LogP contribution in [0.1, 0.15) is 13.8 Å². The quantitative estimate of drug-likeness (QED) is 0.322. The highest BCUT2D eigenvalue weighted by Gasteiger charge is 2.22. The van der Waals surface area contributed by atoms with E-state index in [1.807, 2.05) is 12.1 Å². The van der Waals surface area contributed by atoms with Crippen LogP contribution in [0.3, 0.4) is 0 Å². The first kappa shape index (κ1) is 23.4. The molecule has 4 aromatic rings. The van der Waals surface area contributed by atoms with Crippen molar-refractivity contribution in [1.29, 1.82) is 0 Å². The van der Waals surface area contributed by atoms with Crippen molar-refractivity contribution < 1.29 is 13.9 Å². The predicted octanol–water partition coefficient (Wildman–Crippen LogP) is 5.37. The van der Waals surface area contributed by atoms with Gasteiger partial charge >= 0.3 is 0 Å². The van der Waals surface area contributed by atoms with Gasteiger partial charge in [-0.3, -0.25) is 9.69 Å². The van der Waals surface area contributed by atoms with Gasteiger partial charge in [0.2, 0.25) is 17.4 Å². The number of fused-ring (bicyclic) bond motifs is 1. The number of aromatic nitrogens is 2. The maximum atomic E-state index is 11.6. The lowest BCUT2D eigenvalue weighted by atomic mass is 10.2. The summed E-state index contributed by atoms with van der Waals surface area (Å²) >= 11 is 0. The highest BCUT2D eigenvalue weighted by atomic mass is 16.5. The van der Waals surface area contributed by atoms with Gasteiger partial charge in [-0.2, -0.15) is 4.98 Å². The van der Waals surface area contributed by atoms with Gasteiger partial charge in [-0.25, -0.2) is 4.98 Å². The number of benzene rings is 2. The minimum atomic E-state index is -0.304. The van der Waals surface area contributed by atoms with Crippen molar-refractivity contribution in [1.82, 2.24) is 14.9 Å². The fraction of sp³-hybridized carbons (Fsp3) is 0.222. The second-order valence-electron chi connectivity index (χ2n) is 8.79. The Labute approximate surface area is 209 Å².